The molecule has 0 aromatic carbocycles. The van der Waals surface area contributed by atoms with Crippen molar-refractivity contribution in [2.45, 2.75) is 47.8 Å². The molecule has 0 atom stereocenters. The third-order valence-corrected chi connectivity index (χ3v) is 5.81. The molecule has 10 nitrogen and oxygen atoms in total. The molecule has 3 heterocycles. The number of anilines is 1. The topological polar surface area (TPSA) is 112 Å². The van der Waals surface area contributed by atoms with E-state index in [1.54, 1.807) is 32.5 Å². The van der Waals surface area contributed by atoms with Crippen molar-refractivity contribution in [3.8, 4) is 0 Å². The Bertz CT molecular complexity index is 1100. The van der Waals surface area contributed by atoms with Crippen molar-refractivity contribution < 1.29 is 9.59 Å². The van der Waals surface area contributed by atoms with Gasteiger partial charge in [0.15, 0.2) is 11.4 Å². The normalized spacial score (nSPS) is 11.2. The first-order chi connectivity index (χ1) is 14.7. The maximum atomic E-state index is 12.8. The van der Waals surface area contributed by atoms with Crippen molar-refractivity contribution in [3.63, 3.8) is 0 Å². The summed E-state index contributed by atoms with van der Waals surface area (Å²) < 4.78 is 6.00. The molecule has 0 radical (unpaired) electrons. The SMILES string of the molecule is CCn1cc(NC(=O)c2ccn(Cn3nc(C)c(Br)c3C)n2)c(C(=O)NCC(C)C)n1. The van der Waals surface area contributed by atoms with E-state index in [1.807, 2.05) is 34.6 Å². The van der Waals surface area contributed by atoms with Gasteiger partial charge >= 0.3 is 0 Å². The Hall–Kier alpha value is -2.95. The number of amides is 2. The second-order valence-electron chi connectivity index (χ2n) is 7.67. The van der Waals surface area contributed by atoms with E-state index >= 15 is 0 Å². The van der Waals surface area contributed by atoms with Gasteiger partial charge in [-0.3, -0.25) is 19.0 Å². The molecule has 0 unspecified atom stereocenters. The third kappa shape index (κ3) is 5.22. The van der Waals surface area contributed by atoms with Crippen LogP contribution >= 0.6 is 15.9 Å². The summed E-state index contributed by atoms with van der Waals surface area (Å²) in [5, 5.41) is 18.7. The molecule has 0 aliphatic carbocycles. The maximum Gasteiger partial charge on any atom is 0.276 e. The fourth-order valence-corrected chi connectivity index (χ4v) is 3.20. The molecule has 0 aliphatic heterocycles. The monoisotopic (exact) mass is 490 g/mol. The first-order valence-electron chi connectivity index (χ1n) is 10.1. The molecular formula is C20H27BrN8O2. The fourth-order valence-electron chi connectivity index (χ4n) is 2.92. The number of carbonyl (C=O) groups excluding carboxylic acids is 2. The van der Waals surface area contributed by atoms with Crippen LogP contribution in [0.2, 0.25) is 0 Å². The molecule has 3 aromatic rings. The third-order valence-electron chi connectivity index (χ3n) is 4.67. The lowest BCUT2D eigenvalue weighted by Crippen LogP contribution is -2.29. The van der Waals surface area contributed by atoms with Crippen molar-refractivity contribution in [1.29, 1.82) is 0 Å². The van der Waals surface area contributed by atoms with Gasteiger partial charge in [0.2, 0.25) is 0 Å². The zero-order chi connectivity index (χ0) is 22.7. The lowest BCUT2D eigenvalue weighted by atomic mass is 10.2. The number of aromatic nitrogens is 6. The second kappa shape index (κ2) is 9.46. The molecule has 31 heavy (non-hydrogen) atoms. The second-order valence-corrected chi connectivity index (χ2v) is 8.46. The first-order valence-corrected chi connectivity index (χ1v) is 10.9. The quantitative estimate of drug-likeness (QED) is 0.504. The maximum absolute atomic E-state index is 12.8. The van der Waals surface area contributed by atoms with Crippen LogP contribution < -0.4 is 10.6 Å². The van der Waals surface area contributed by atoms with Crippen LogP contribution in [-0.4, -0.2) is 47.7 Å². The summed E-state index contributed by atoms with van der Waals surface area (Å²) in [6.07, 6.45) is 3.36. The van der Waals surface area contributed by atoms with E-state index in [4.69, 9.17) is 0 Å². The average Bonchev–Trinajstić information content (AvgIpc) is 3.42. The predicted molar refractivity (Wildman–Crippen MR) is 120 cm³/mol. The van der Waals surface area contributed by atoms with Gasteiger partial charge in [0, 0.05) is 25.5 Å². The number of hydrogen-bond acceptors (Lipinski definition) is 5. The van der Waals surface area contributed by atoms with Crippen LogP contribution in [0.4, 0.5) is 5.69 Å². The Labute approximate surface area is 189 Å². The molecule has 0 spiro atoms. The number of nitrogens with one attached hydrogen (secondary N) is 2. The van der Waals surface area contributed by atoms with E-state index in [1.165, 1.54) is 0 Å². The van der Waals surface area contributed by atoms with Gasteiger partial charge in [-0.1, -0.05) is 13.8 Å². The fraction of sp³-hybridized carbons (Fsp3) is 0.450. The van der Waals surface area contributed by atoms with Crippen molar-refractivity contribution in [2.24, 2.45) is 5.92 Å². The van der Waals surface area contributed by atoms with Crippen LogP contribution in [0, 0.1) is 19.8 Å². The molecule has 3 rings (SSSR count). The number of hydrogen-bond donors (Lipinski definition) is 2. The summed E-state index contributed by atoms with van der Waals surface area (Å²) in [7, 11) is 0. The van der Waals surface area contributed by atoms with E-state index in [2.05, 4.69) is 41.9 Å². The number of rotatable bonds is 8. The smallest absolute Gasteiger partial charge is 0.276 e. The summed E-state index contributed by atoms with van der Waals surface area (Å²) >= 11 is 3.51. The minimum atomic E-state index is -0.415. The lowest BCUT2D eigenvalue weighted by Gasteiger charge is -2.07. The molecule has 0 saturated heterocycles. The summed E-state index contributed by atoms with van der Waals surface area (Å²) in [6, 6.07) is 1.62. The van der Waals surface area contributed by atoms with Crippen LogP contribution in [0.3, 0.4) is 0 Å². The molecule has 2 N–H and O–H groups in total. The van der Waals surface area contributed by atoms with E-state index in [9.17, 15) is 9.59 Å². The number of aryl methyl sites for hydroxylation is 2. The Morgan fingerprint density at radius 1 is 1.13 bits per heavy atom. The summed E-state index contributed by atoms with van der Waals surface area (Å²) in [6.45, 7) is 11.3. The highest BCUT2D eigenvalue weighted by Gasteiger charge is 2.20. The van der Waals surface area contributed by atoms with Gasteiger partial charge in [-0.05, 0) is 48.7 Å². The molecule has 3 aromatic heterocycles. The van der Waals surface area contributed by atoms with Crippen molar-refractivity contribution >= 4 is 33.4 Å². The van der Waals surface area contributed by atoms with Crippen LogP contribution in [0.25, 0.3) is 0 Å². The van der Waals surface area contributed by atoms with Crippen LogP contribution in [-0.2, 0) is 13.2 Å². The van der Waals surface area contributed by atoms with E-state index in [-0.39, 0.29) is 17.3 Å². The number of nitrogens with zero attached hydrogens (tertiary/aromatic N) is 6. The average molecular weight is 491 g/mol. The van der Waals surface area contributed by atoms with Gasteiger partial charge < -0.3 is 10.6 Å². The van der Waals surface area contributed by atoms with Crippen molar-refractivity contribution in [1.82, 2.24) is 34.7 Å². The summed E-state index contributed by atoms with van der Waals surface area (Å²) in [4.78, 5) is 25.3. The summed E-state index contributed by atoms with van der Waals surface area (Å²) in [5.41, 5.74) is 2.63. The highest BCUT2D eigenvalue weighted by atomic mass is 79.9. The van der Waals surface area contributed by atoms with Gasteiger partial charge in [0.05, 0.1) is 21.5 Å². The van der Waals surface area contributed by atoms with Crippen molar-refractivity contribution in [3.05, 3.63) is 45.7 Å². The summed E-state index contributed by atoms with van der Waals surface area (Å²) in [5.74, 6) is -0.430. The van der Waals surface area contributed by atoms with Gasteiger partial charge in [0.25, 0.3) is 11.8 Å². The Balaban J connectivity index is 1.74. The molecule has 0 bridgehead atoms. The highest BCUT2D eigenvalue weighted by molar-refractivity contribution is 9.10. The molecular weight excluding hydrogens is 464 g/mol. The standard InChI is InChI=1S/C20H27BrN8O2/c1-6-27-10-16(18(26-27)20(31)22-9-12(2)3)23-19(30)15-7-8-28(25-15)11-29-14(5)17(21)13(4)24-29/h7-8,10,12H,6,9,11H2,1-5H3,(H,22,31)(H,23,30). The Kier molecular flexibility index (Phi) is 6.94. The highest BCUT2D eigenvalue weighted by Crippen LogP contribution is 2.20. The van der Waals surface area contributed by atoms with Gasteiger partial charge in [-0.25, -0.2) is 4.68 Å². The zero-order valence-electron chi connectivity index (χ0n) is 18.3. The predicted octanol–water partition coefficient (Wildman–Crippen LogP) is 2.82. The van der Waals surface area contributed by atoms with Gasteiger partial charge in [0.1, 0.15) is 6.67 Å². The van der Waals surface area contributed by atoms with Crippen LogP contribution in [0.5, 0.6) is 0 Å². The molecule has 11 heteroatoms. The molecule has 166 valence electrons. The largest absolute Gasteiger partial charge is 0.350 e. The Morgan fingerprint density at radius 3 is 2.48 bits per heavy atom. The van der Waals surface area contributed by atoms with Gasteiger partial charge in [-0.15, -0.1) is 0 Å². The van der Waals surface area contributed by atoms with E-state index in [0.717, 1.165) is 15.9 Å². The number of halogens is 1. The molecule has 0 saturated carbocycles. The minimum absolute atomic E-state index is 0.183. The van der Waals surface area contributed by atoms with Crippen molar-refractivity contribution in [2.75, 3.05) is 11.9 Å². The number of carbonyl (C=O) groups is 2. The van der Waals surface area contributed by atoms with Gasteiger partial charge in [-0.2, -0.15) is 15.3 Å². The van der Waals surface area contributed by atoms with E-state index in [0.29, 0.717) is 31.4 Å². The zero-order valence-corrected chi connectivity index (χ0v) is 19.9. The van der Waals surface area contributed by atoms with Crippen LogP contribution in [0.15, 0.2) is 22.9 Å². The first kappa shape index (κ1) is 22.7. The Morgan fingerprint density at radius 2 is 1.87 bits per heavy atom. The molecule has 0 fully saturated rings. The molecule has 2 amide bonds. The molecule has 0 aliphatic rings. The lowest BCUT2D eigenvalue weighted by molar-refractivity contribution is 0.0944. The minimum Gasteiger partial charge on any atom is -0.350 e. The van der Waals surface area contributed by atoms with E-state index < -0.39 is 5.91 Å². The van der Waals surface area contributed by atoms with Crippen LogP contribution in [0.1, 0.15) is 53.1 Å².